The van der Waals surface area contributed by atoms with E-state index < -0.39 is 0 Å². The fraction of sp³-hybridized carbons (Fsp3) is 0.722. The second-order valence-electron chi connectivity index (χ2n) is 7.32. The first-order chi connectivity index (χ1) is 10.1. The lowest BCUT2D eigenvalue weighted by Crippen LogP contribution is -2.43. The van der Waals surface area contributed by atoms with Gasteiger partial charge in [0.15, 0.2) is 0 Å². The van der Waals surface area contributed by atoms with E-state index in [0.717, 1.165) is 19.3 Å². The average Bonchev–Trinajstić information content (AvgIpc) is 3.18. The summed E-state index contributed by atoms with van der Waals surface area (Å²) >= 11 is 4.29. The fourth-order valence-corrected chi connectivity index (χ4v) is 8.84. The summed E-state index contributed by atoms with van der Waals surface area (Å²) in [6.45, 7) is 4.53. The molecule has 21 heavy (non-hydrogen) atoms. The highest BCUT2D eigenvalue weighted by Crippen LogP contribution is 2.66. The summed E-state index contributed by atoms with van der Waals surface area (Å²) < 4.78 is 0.330. The van der Waals surface area contributed by atoms with Crippen molar-refractivity contribution in [2.75, 3.05) is 11.5 Å². The highest BCUT2D eigenvalue weighted by Gasteiger charge is 2.60. The molecule has 1 saturated carbocycles. The van der Waals surface area contributed by atoms with E-state index in [-0.39, 0.29) is 11.3 Å². The van der Waals surface area contributed by atoms with Crippen molar-refractivity contribution in [1.29, 1.82) is 0 Å². The quantitative estimate of drug-likeness (QED) is 0.603. The van der Waals surface area contributed by atoms with Crippen LogP contribution in [0.1, 0.15) is 39.5 Å². The number of carbonyl (C=O) groups is 1. The van der Waals surface area contributed by atoms with Crippen LogP contribution >= 0.6 is 23.5 Å². The van der Waals surface area contributed by atoms with Gasteiger partial charge in [0.05, 0.1) is 4.08 Å². The number of thioether (sulfide) groups is 2. The van der Waals surface area contributed by atoms with Gasteiger partial charge < -0.3 is 0 Å². The lowest BCUT2D eigenvalue weighted by Gasteiger charge is -2.41. The van der Waals surface area contributed by atoms with Crippen molar-refractivity contribution < 1.29 is 4.79 Å². The molecule has 4 aliphatic rings. The molecule has 1 spiro atoms. The number of rotatable bonds is 0. The van der Waals surface area contributed by atoms with Crippen LogP contribution in [0, 0.1) is 23.2 Å². The molecule has 0 aromatic carbocycles. The zero-order chi connectivity index (χ0) is 14.7. The average molecular weight is 321 g/mol. The van der Waals surface area contributed by atoms with Gasteiger partial charge in [-0.05, 0) is 44.4 Å². The summed E-state index contributed by atoms with van der Waals surface area (Å²) in [5.74, 6) is 4.21. The standard InChI is InChI=1S/C18H24OS2/c1-12-6-7-15-17(2,8-9-18(15)20-10-11-21-18)16(19)14-5-3-4-13(12)14/h3,5-6,13-15H,4,7-11H2,1-2H3/t13-,14-,15+,17+/m1/s1. The molecular weight excluding hydrogens is 296 g/mol. The number of hydrogen-bond donors (Lipinski definition) is 0. The first-order valence-electron chi connectivity index (χ1n) is 8.22. The summed E-state index contributed by atoms with van der Waals surface area (Å²) in [4.78, 5) is 13.4. The largest absolute Gasteiger partial charge is 0.298 e. The molecule has 1 aliphatic heterocycles. The second kappa shape index (κ2) is 4.92. The van der Waals surface area contributed by atoms with Crippen LogP contribution in [-0.2, 0) is 4.79 Å². The van der Waals surface area contributed by atoms with E-state index >= 15 is 0 Å². The minimum atomic E-state index is -0.0981. The van der Waals surface area contributed by atoms with E-state index in [0.29, 0.717) is 21.7 Å². The molecule has 0 radical (unpaired) electrons. The van der Waals surface area contributed by atoms with Gasteiger partial charge in [0.1, 0.15) is 5.78 Å². The summed E-state index contributed by atoms with van der Waals surface area (Å²) in [6.07, 6.45) is 11.4. The van der Waals surface area contributed by atoms with E-state index in [4.69, 9.17) is 0 Å². The SMILES string of the molecule is CC1=CC[C@@H]2C3(CC[C@]2(C)C(=O)[C@@H]2C=CC[C@H]12)SCCS3. The van der Waals surface area contributed by atoms with E-state index in [2.05, 4.69) is 55.6 Å². The van der Waals surface area contributed by atoms with Crippen molar-refractivity contribution in [3.63, 3.8) is 0 Å². The highest BCUT2D eigenvalue weighted by molar-refractivity contribution is 8.21. The third-order valence-corrected chi connectivity index (χ3v) is 10.1. The molecule has 0 aromatic heterocycles. The number of Topliss-reactive ketones (excluding diaryl/α,β-unsaturated/α-hetero) is 1. The second-order valence-corrected chi connectivity index (χ2v) is 10.4. The molecule has 4 atom stereocenters. The lowest BCUT2D eigenvalue weighted by molar-refractivity contribution is -0.133. The smallest absolute Gasteiger partial charge is 0.146 e. The van der Waals surface area contributed by atoms with Crippen LogP contribution in [0.25, 0.3) is 0 Å². The molecule has 2 fully saturated rings. The molecule has 114 valence electrons. The Hall–Kier alpha value is -0.150. The van der Waals surface area contributed by atoms with Crippen LogP contribution in [0.15, 0.2) is 23.8 Å². The number of fused-ring (bicyclic) bond motifs is 3. The van der Waals surface area contributed by atoms with E-state index in [1.807, 2.05) is 0 Å². The molecule has 0 N–H and O–H groups in total. The third-order valence-electron chi connectivity index (χ3n) is 6.36. The number of carbonyl (C=O) groups excluding carboxylic acids is 1. The number of allylic oxidation sites excluding steroid dienone is 4. The number of hydrogen-bond acceptors (Lipinski definition) is 3. The van der Waals surface area contributed by atoms with Gasteiger partial charge in [-0.2, -0.15) is 0 Å². The van der Waals surface area contributed by atoms with Crippen molar-refractivity contribution in [1.82, 2.24) is 0 Å². The van der Waals surface area contributed by atoms with Crippen molar-refractivity contribution in [3.05, 3.63) is 23.8 Å². The Morgan fingerprint density at radius 1 is 1.19 bits per heavy atom. The Bertz CT molecular complexity index is 529. The van der Waals surface area contributed by atoms with E-state index in [9.17, 15) is 4.79 Å². The summed E-state index contributed by atoms with van der Waals surface area (Å²) in [5.41, 5.74) is 1.36. The van der Waals surface area contributed by atoms with Crippen LogP contribution in [0.3, 0.4) is 0 Å². The minimum Gasteiger partial charge on any atom is -0.298 e. The van der Waals surface area contributed by atoms with Crippen LogP contribution in [0.5, 0.6) is 0 Å². The monoisotopic (exact) mass is 320 g/mol. The Kier molecular flexibility index (Phi) is 3.39. The summed E-state index contributed by atoms with van der Waals surface area (Å²) in [7, 11) is 0. The van der Waals surface area contributed by atoms with Gasteiger partial charge in [0, 0.05) is 22.8 Å². The first kappa shape index (κ1) is 14.4. The van der Waals surface area contributed by atoms with Gasteiger partial charge in [-0.25, -0.2) is 0 Å². The Balaban J connectivity index is 1.78. The maximum absolute atomic E-state index is 13.4. The van der Waals surface area contributed by atoms with Crippen LogP contribution in [0.2, 0.25) is 0 Å². The normalized spacial score (nSPS) is 44.4. The first-order valence-corrected chi connectivity index (χ1v) is 10.2. The molecular formula is C18H24OS2. The molecule has 0 bridgehead atoms. The minimum absolute atomic E-state index is 0.0981. The molecule has 1 saturated heterocycles. The maximum atomic E-state index is 13.4. The molecule has 1 nitrogen and oxygen atoms in total. The van der Waals surface area contributed by atoms with Gasteiger partial charge in [0.2, 0.25) is 0 Å². The predicted octanol–water partition coefficient (Wildman–Crippen LogP) is 4.69. The van der Waals surface area contributed by atoms with E-state index in [1.165, 1.54) is 23.5 Å². The zero-order valence-corrected chi connectivity index (χ0v) is 14.6. The van der Waals surface area contributed by atoms with Gasteiger partial charge in [0.25, 0.3) is 0 Å². The summed E-state index contributed by atoms with van der Waals surface area (Å²) in [5, 5.41) is 0. The van der Waals surface area contributed by atoms with Gasteiger partial charge in [-0.1, -0.05) is 30.7 Å². The van der Waals surface area contributed by atoms with Crippen LogP contribution in [0.4, 0.5) is 0 Å². The molecule has 0 amide bonds. The van der Waals surface area contributed by atoms with Crippen molar-refractivity contribution in [2.24, 2.45) is 23.2 Å². The lowest BCUT2D eigenvalue weighted by atomic mass is 9.66. The van der Waals surface area contributed by atoms with Gasteiger partial charge >= 0.3 is 0 Å². The Morgan fingerprint density at radius 3 is 2.71 bits per heavy atom. The Morgan fingerprint density at radius 2 is 1.95 bits per heavy atom. The van der Waals surface area contributed by atoms with Gasteiger partial charge in [-0.15, -0.1) is 23.5 Å². The number of ketones is 1. The summed E-state index contributed by atoms with van der Waals surface area (Å²) in [6, 6.07) is 0. The molecule has 4 rings (SSSR count). The van der Waals surface area contributed by atoms with Crippen molar-refractivity contribution >= 4 is 29.3 Å². The topological polar surface area (TPSA) is 17.1 Å². The molecule has 0 aromatic rings. The third kappa shape index (κ3) is 1.96. The van der Waals surface area contributed by atoms with Crippen molar-refractivity contribution in [3.8, 4) is 0 Å². The fourth-order valence-electron chi connectivity index (χ4n) is 5.05. The molecule has 3 heteroatoms. The van der Waals surface area contributed by atoms with Crippen LogP contribution < -0.4 is 0 Å². The van der Waals surface area contributed by atoms with E-state index in [1.54, 1.807) is 0 Å². The molecule has 3 aliphatic carbocycles. The Labute approximate surface area is 136 Å². The molecule has 1 heterocycles. The maximum Gasteiger partial charge on any atom is 0.146 e. The van der Waals surface area contributed by atoms with Gasteiger partial charge in [-0.3, -0.25) is 4.79 Å². The predicted molar refractivity (Wildman–Crippen MR) is 92.6 cm³/mol. The highest BCUT2D eigenvalue weighted by atomic mass is 32.2. The zero-order valence-electron chi connectivity index (χ0n) is 12.9. The van der Waals surface area contributed by atoms with Crippen molar-refractivity contribution in [2.45, 2.75) is 43.6 Å². The molecule has 0 unspecified atom stereocenters. The van der Waals surface area contributed by atoms with Crippen LogP contribution in [-0.4, -0.2) is 21.4 Å².